The lowest BCUT2D eigenvalue weighted by atomic mass is 10.0. The zero-order valence-corrected chi connectivity index (χ0v) is 13.8. The van der Waals surface area contributed by atoms with E-state index >= 15 is 0 Å². The van der Waals surface area contributed by atoms with Crippen LogP contribution in [0, 0.1) is 0 Å². The molecule has 1 heterocycles. The summed E-state index contributed by atoms with van der Waals surface area (Å²) in [4.78, 5) is 34.9. The summed E-state index contributed by atoms with van der Waals surface area (Å²) in [7, 11) is 0. The molecule has 4 nitrogen and oxygen atoms in total. The lowest BCUT2D eigenvalue weighted by molar-refractivity contribution is 0.0996. The normalized spacial score (nSPS) is 10.6. The van der Waals surface area contributed by atoms with Gasteiger partial charge in [0.1, 0.15) is 11.4 Å². The van der Waals surface area contributed by atoms with Gasteiger partial charge in [-0.25, -0.2) is 9.97 Å². The highest BCUT2D eigenvalue weighted by Gasteiger charge is 2.23. The number of ketones is 2. The summed E-state index contributed by atoms with van der Waals surface area (Å²) < 4.78 is 0. The maximum atomic E-state index is 13.0. The van der Waals surface area contributed by atoms with Crippen LogP contribution in [-0.4, -0.2) is 21.5 Å². The molecule has 1 aromatic heterocycles. The van der Waals surface area contributed by atoms with Crippen molar-refractivity contribution in [3.8, 4) is 0 Å². The number of rotatable bonds is 4. The van der Waals surface area contributed by atoms with Gasteiger partial charge in [0, 0.05) is 11.1 Å². The maximum Gasteiger partial charge on any atom is 0.213 e. The van der Waals surface area contributed by atoms with Gasteiger partial charge in [0.2, 0.25) is 11.6 Å². The highest BCUT2D eigenvalue weighted by atomic mass is 16.1. The first kappa shape index (κ1) is 15.8. The van der Waals surface area contributed by atoms with Crippen molar-refractivity contribution in [2.24, 2.45) is 0 Å². The van der Waals surface area contributed by atoms with Crippen molar-refractivity contribution >= 4 is 22.6 Å². The summed E-state index contributed by atoms with van der Waals surface area (Å²) in [6.07, 6.45) is 0. The summed E-state index contributed by atoms with van der Waals surface area (Å²) in [5.41, 5.74) is 2.25. The molecule has 0 unspecified atom stereocenters. The lowest BCUT2D eigenvalue weighted by Crippen LogP contribution is -2.16. The van der Waals surface area contributed by atoms with Crippen LogP contribution in [0.3, 0.4) is 0 Å². The molecule has 4 aromatic rings. The predicted molar refractivity (Wildman–Crippen MR) is 99.3 cm³/mol. The van der Waals surface area contributed by atoms with Gasteiger partial charge in [-0.3, -0.25) is 9.59 Å². The van der Waals surface area contributed by atoms with Gasteiger partial charge in [-0.05, 0) is 12.1 Å². The number of carbonyl (C=O) groups excluding carboxylic acids is 2. The molecule has 0 spiro atoms. The minimum atomic E-state index is -0.317. The molecule has 0 aliphatic heterocycles. The van der Waals surface area contributed by atoms with Crippen molar-refractivity contribution in [1.82, 2.24) is 9.97 Å². The summed E-state index contributed by atoms with van der Waals surface area (Å²) in [5.74, 6) is -0.633. The second-order valence-electron chi connectivity index (χ2n) is 5.80. The number of carbonyl (C=O) groups is 2. The molecular formula is C22H14N2O2. The first-order valence-corrected chi connectivity index (χ1v) is 8.20. The van der Waals surface area contributed by atoms with E-state index in [0.29, 0.717) is 22.2 Å². The van der Waals surface area contributed by atoms with Crippen molar-refractivity contribution in [2.75, 3.05) is 0 Å². The highest BCUT2D eigenvalue weighted by Crippen LogP contribution is 2.19. The maximum absolute atomic E-state index is 13.0. The van der Waals surface area contributed by atoms with Crippen molar-refractivity contribution < 1.29 is 9.59 Å². The van der Waals surface area contributed by atoms with E-state index in [1.165, 1.54) is 0 Å². The molecule has 0 radical (unpaired) electrons. The second-order valence-corrected chi connectivity index (χ2v) is 5.80. The third kappa shape index (κ3) is 2.89. The van der Waals surface area contributed by atoms with Gasteiger partial charge in [-0.15, -0.1) is 0 Å². The van der Waals surface area contributed by atoms with Crippen LogP contribution in [0.2, 0.25) is 0 Å². The first-order valence-electron chi connectivity index (χ1n) is 8.20. The van der Waals surface area contributed by atoms with Gasteiger partial charge in [-0.1, -0.05) is 72.8 Å². The van der Waals surface area contributed by atoms with E-state index in [-0.39, 0.29) is 23.0 Å². The van der Waals surface area contributed by atoms with Gasteiger partial charge in [0.15, 0.2) is 0 Å². The van der Waals surface area contributed by atoms with Crippen molar-refractivity contribution in [1.29, 1.82) is 0 Å². The van der Waals surface area contributed by atoms with Crippen LogP contribution in [0.25, 0.3) is 11.0 Å². The molecule has 0 aliphatic carbocycles. The zero-order valence-electron chi connectivity index (χ0n) is 13.8. The summed E-state index contributed by atoms with van der Waals surface area (Å²) in [5, 5.41) is 0. The minimum Gasteiger partial charge on any atom is -0.287 e. The molecule has 0 saturated carbocycles. The van der Waals surface area contributed by atoms with Gasteiger partial charge in [-0.2, -0.15) is 0 Å². The predicted octanol–water partition coefficient (Wildman–Crippen LogP) is 4.09. The topological polar surface area (TPSA) is 59.9 Å². The summed E-state index contributed by atoms with van der Waals surface area (Å²) in [6.45, 7) is 0. The SMILES string of the molecule is O=C(c1ccccc1)c1nc2ccccc2nc1C(=O)c1ccccc1. The minimum absolute atomic E-state index is 0.0729. The monoisotopic (exact) mass is 338 g/mol. The average Bonchev–Trinajstić information content (AvgIpc) is 2.73. The number of hydrogen-bond acceptors (Lipinski definition) is 4. The van der Waals surface area contributed by atoms with Gasteiger partial charge in [0.05, 0.1) is 11.0 Å². The Hall–Kier alpha value is -3.66. The molecule has 4 rings (SSSR count). The largest absolute Gasteiger partial charge is 0.287 e. The molecule has 3 aromatic carbocycles. The van der Waals surface area contributed by atoms with Gasteiger partial charge < -0.3 is 0 Å². The Bertz CT molecular complexity index is 1020. The number of hydrogen-bond donors (Lipinski definition) is 0. The molecule has 0 atom stereocenters. The molecule has 0 saturated heterocycles. The third-order valence-electron chi connectivity index (χ3n) is 4.07. The van der Waals surface area contributed by atoms with Crippen LogP contribution >= 0.6 is 0 Å². The fourth-order valence-electron chi connectivity index (χ4n) is 2.77. The number of para-hydroxylation sites is 2. The summed E-state index contributed by atoms with van der Waals surface area (Å²) in [6, 6.07) is 24.8. The first-order chi connectivity index (χ1) is 12.7. The highest BCUT2D eigenvalue weighted by molar-refractivity contribution is 6.18. The van der Waals surface area contributed by atoms with E-state index in [4.69, 9.17) is 0 Å². The third-order valence-corrected chi connectivity index (χ3v) is 4.07. The Morgan fingerprint density at radius 3 is 1.23 bits per heavy atom. The molecule has 0 amide bonds. The van der Waals surface area contributed by atoms with Crippen LogP contribution in [0.1, 0.15) is 32.1 Å². The smallest absolute Gasteiger partial charge is 0.213 e. The quantitative estimate of drug-likeness (QED) is 0.526. The Morgan fingerprint density at radius 1 is 0.500 bits per heavy atom. The summed E-state index contributed by atoms with van der Waals surface area (Å²) >= 11 is 0. The van der Waals surface area contributed by atoms with Crippen molar-refractivity contribution in [2.45, 2.75) is 0 Å². The molecule has 0 N–H and O–H groups in total. The fraction of sp³-hybridized carbons (Fsp3) is 0. The number of nitrogens with zero attached hydrogens (tertiary/aromatic N) is 2. The van der Waals surface area contributed by atoms with Crippen LogP contribution in [0.5, 0.6) is 0 Å². The van der Waals surface area contributed by atoms with Crippen LogP contribution in [0.4, 0.5) is 0 Å². The average molecular weight is 338 g/mol. The van der Waals surface area contributed by atoms with Gasteiger partial charge >= 0.3 is 0 Å². The van der Waals surface area contributed by atoms with Crippen molar-refractivity contribution in [3.63, 3.8) is 0 Å². The van der Waals surface area contributed by atoms with E-state index in [9.17, 15) is 9.59 Å². The van der Waals surface area contributed by atoms with Crippen LogP contribution < -0.4 is 0 Å². The fourth-order valence-corrected chi connectivity index (χ4v) is 2.77. The Labute approximate surface area is 150 Å². The molecule has 4 heteroatoms. The zero-order chi connectivity index (χ0) is 17.9. The molecule has 26 heavy (non-hydrogen) atoms. The number of benzene rings is 3. The van der Waals surface area contributed by atoms with E-state index in [2.05, 4.69) is 9.97 Å². The van der Waals surface area contributed by atoms with Crippen LogP contribution in [0.15, 0.2) is 84.9 Å². The molecule has 124 valence electrons. The standard InChI is InChI=1S/C22H14N2O2/c25-21(15-9-3-1-4-10-15)19-20(22(26)16-11-5-2-6-12-16)24-18-14-8-7-13-17(18)23-19/h1-14H. The molecule has 0 fully saturated rings. The molecule has 0 bridgehead atoms. The lowest BCUT2D eigenvalue weighted by Gasteiger charge is -2.09. The Balaban J connectivity index is 1.92. The second kappa shape index (κ2) is 6.69. The Kier molecular flexibility index (Phi) is 4.07. The van der Waals surface area contributed by atoms with E-state index in [1.807, 2.05) is 24.3 Å². The number of aromatic nitrogens is 2. The van der Waals surface area contributed by atoms with Gasteiger partial charge in [0.25, 0.3) is 0 Å². The van der Waals surface area contributed by atoms with E-state index < -0.39 is 0 Å². The molecular weight excluding hydrogens is 324 g/mol. The van der Waals surface area contributed by atoms with Crippen molar-refractivity contribution in [3.05, 3.63) is 107 Å². The van der Waals surface area contributed by atoms with Crippen LogP contribution in [-0.2, 0) is 0 Å². The number of fused-ring (bicyclic) bond motifs is 1. The van der Waals surface area contributed by atoms with E-state index in [1.54, 1.807) is 60.7 Å². The molecule has 0 aliphatic rings. The van der Waals surface area contributed by atoms with E-state index in [0.717, 1.165) is 0 Å². The Morgan fingerprint density at radius 2 is 0.846 bits per heavy atom.